The van der Waals surface area contributed by atoms with E-state index in [-0.39, 0.29) is 0 Å². The summed E-state index contributed by atoms with van der Waals surface area (Å²) in [6.45, 7) is 4.50. The van der Waals surface area contributed by atoms with E-state index in [0.29, 0.717) is 11.8 Å². The van der Waals surface area contributed by atoms with Gasteiger partial charge < -0.3 is 11.5 Å². The van der Waals surface area contributed by atoms with Gasteiger partial charge in [0.1, 0.15) is 0 Å². The minimum absolute atomic E-state index is 0.369. The highest BCUT2D eigenvalue weighted by Crippen LogP contribution is 2.27. The first-order valence-electron chi connectivity index (χ1n) is 11.9. The summed E-state index contributed by atoms with van der Waals surface area (Å²) in [7, 11) is 0. The van der Waals surface area contributed by atoms with E-state index in [1.54, 1.807) is 0 Å². The van der Waals surface area contributed by atoms with Crippen LogP contribution >= 0.6 is 0 Å². The fourth-order valence-electron chi connectivity index (χ4n) is 4.40. The van der Waals surface area contributed by atoms with Crippen LogP contribution in [0.15, 0.2) is 97.1 Å². The lowest BCUT2D eigenvalue weighted by Crippen LogP contribution is -1.98. The van der Waals surface area contributed by atoms with Crippen molar-refractivity contribution in [3.63, 3.8) is 0 Å². The van der Waals surface area contributed by atoms with Crippen molar-refractivity contribution in [2.45, 2.75) is 44.9 Å². The molecule has 4 rings (SSSR count). The molecule has 168 valence electrons. The first-order valence-corrected chi connectivity index (χ1v) is 11.9. The predicted octanol–water partition coefficient (Wildman–Crippen LogP) is 7.33. The van der Waals surface area contributed by atoms with Crippen molar-refractivity contribution in [2.24, 2.45) is 0 Å². The number of aryl methyl sites for hydroxylation is 2. The molecule has 0 amide bonds. The Labute approximate surface area is 198 Å². The first-order chi connectivity index (χ1) is 16.0. The summed E-state index contributed by atoms with van der Waals surface area (Å²) in [5, 5.41) is 0. The summed E-state index contributed by atoms with van der Waals surface area (Å²) >= 11 is 0. The molecule has 0 aromatic heterocycles. The van der Waals surface area contributed by atoms with E-state index in [2.05, 4.69) is 86.6 Å². The summed E-state index contributed by atoms with van der Waals surface area (Å²) in [6.07, 6.45) is 3.35. The largest absolute Gasteiger partial charge is 0.399 e. The van der Waals surface area contributed by atoms with Gasteiger partial charge in [0, 0.05) is 23.2 Å². The Hall–Kier alpha value is -3.52. The smallest absolute Gasteiger partial charge is 0.0314 e. The first kappa shape index (κ1) is 22.7. The molecule has 4 N–H and O–H groups in total. The molecule has 2 atom stereocenters. The second kappa shape index (κ2) is 10.4. The molecule has 0 aliphatic rings. The van der Waals surface area contributed by atoms with Crippen LogP contribution in [0.25, 0.3) is 0 Å². The molecule has 2 heteroatoms. The Bertz CT molecular complexity index is 1050. The maximum Gasteiger partial charge on any atom is 0.0314 e. The second-order valence-corrected chi connectivity index (χ2v) is 9.11. The molecule has 0 aliphatic heterocycles. The Kier molecular flexibility index (Phi) is 7.14. The molecule has 33 heavy (non-hydrogen) atoms. The molecule has 4 aromatic carbocycles. The van der Waals surface area contributed by atoms with Gasteiger partial charge in [-0.3, -0.25) is 0 Å². The van der Waals surface area contributed by atoms with Gasteiger partial charge in [0.2, 0.25) is 0 Å². The fraction of sp³-hybridized carbons (Fsp3) is 0.226. The third-order valence-electron chi connectivity index (χ3n) is 6.76. The highest BCUT2D eigenvalue weighted by atomic mass is 14.5. The third kappa shape index (κ3) is 5.84. The van der Waals surface area contributed by atoms with Gasteiger partial charge in [-0.05, 0) is 76.9 Å². The molecular weight excluding hydrogens is 400 g/mol. The van der Waals surface area contributed by atoms with Gasteiger partial charge in [-0.1, -0.05) is 86.6 Å². The van der Waals surface area contributed by atoms with Gasteiger partial charge in [-0.25, -0.2) is 0 Å². The Morgan fingerprint density at radius 1 is 0.455 bits per heavy atom. The third-order valence-corrected chi connectivity index (χ3v) is 6.76. The molecule has 0 aliphatic carbocycles. The standard InChI is InChI=1S/C31H34N2/c1-22(28-14-18-30(32)19-15-28)26-10-6-24(7-11-26)4-3-5-25-8-12-27(13-9-25)23(2)29-16-20-31(33)21-17-29/h6-23H,3-5,32-33H2,1-2H3. The Balaban J connectivity index is 1.29. The van der Waals surface area contributed by atoms with E-state index < -0.39 is 0 Å². The zero-order valence-corrected chi connectivity index (χ0v) is 19.7. The minimum Gasteiger partial charge on any atom is -0.399 e. The number of hydrogen-bond donors (Lipinski definition) is 2. The van der Waals surface area contributed by atoms with Crippen molar-refractivity contribution >= 4 is 11.4 Å². The average molecular weight is 435 g/mol. The summed E-state index contributed by atoms with van der Waals surface area (Å²) in [5.74, 6) is 0.739. The monoisotopic (exact) mass is 434 g/mol. The van der Waals surface area contributed by atoms with Gasteiger partial charge in [-0.2, -0.15) is 0 Å². The molecule has 0 radical (unpaired) electrons. The SMILES string of the molecule is CC(c1ccc(N)cc1)c1ccc(CCCc2ccc(C(C)c3ccc(N)cc3)cc2)cc1. The number of anilines is 2. The molecular formula is C31H34N2. The van der Waals surface area contributed by atoms with Crippen LogP contribution in [0.1, 0.15) is 65.5 Å². The summed E-state index contributed by atoms with van der Waals surface area (Å²) in [4.78, 5) is 0. The predicted molar refractivity (Wildman–Crippen MR) is 142 cm³/mol. The van der Waals surface area contributed by atoms with Crippen LogP contribution in [-0.4, -0.2) is 0 Å². The van der Waals surface area contributed by atoms with Crippen LogP contribution < -0.4 is 11.5 Å². The van der Waals surface area contributed by atoms with Crippen LogP contribution in [0.4, 0.5) is 11.4 Å². The number of nitrogen functional groups attached to an aromatic ring is 2. The maximum absolute atomic E-state index is 5.82. The average Bonchev–Trinajstić information content (AvgIpc) is 2.85. The van der Waals surface area contributed by atoms with Crippen molar-refractivity contribution in [1.29, 1.82) is 0 Å². The second-order valence-electron chi connectivity index (χ2n) is 9.11. The van der Waals surface area contributed by atoms with E-state index >= 15 is 0 Å². The number of nitrogens with two attached hydrogens (primary N) is 2. The highest BCUT2D eigenvalue weighted by Gasteiger charge is 2.09. The van der Waals surface area contributed by atoms with Crippen molar-refractivity contribution in [3.8, 4) is 0 Å². The molecule has 2 nitrogen and oxygen atoms in total. The molecule has 0 fully saturated rings. The lowest BCUT2D eigenvalue weighted by molar-refractivity contribution is 0.817. The number of hydrogen-bond acceptors (Lipinski definition) is 2. The maximum atomic E-state index is 5.82. The molecule has 0 saturated carbocycles. The van der Waals surface area contributed by atoms with E-state index in [1.165, 1.54) is 33.4 Å². The highest BCUT2D eigenvalue weighted by molar-refractivity contribution is 5.44. The molecule has 0 saturated heterocycles. The molecule has 0 heterocycles. The Morgan fingerprint density at radius 3 is 1.03 bits per heavy atom. The van der Waals surface area contributed by atoms with E-state index in [0.717, 1.165) is 30.6 Å². The summed E-state index contributed by atoms with van der Waals surface area (Å²) in [6, 6.07) is 34.6. The number of benzene rings is 4. The quantitative estimate of drug-likeness (QED) is 0.285. The van der Waals surface area contributed by atoms with E-state index in [9.17, 15) is 0 Å². The zero-order chi connectivity index (χ0) is 23.2. The van der Waals surface area contributed by atoms with Crippen LogP contribution in [0.2, 0.25) is 0 Å². The fourth-order valence-corrected chi connectivity index (χ4v) is 4.40. The topological polar surface area (TPSA) is 52.0 Å². The van der Waals surface area contributed by atoms with Crippen LogP contribution in [0.5, 0.6) is 0 Å². The summed E-state index contributed by atoms with van der Waals surface area (Å²) in [5.41, 5.74) is 21.3. The van der Waals surface area contributed by atoms with Crippen molar-refractivity contribution in [2.75, 3.05) is 11.5 Å². The molecule has 0 bridgehead atoms. The normalized spacial score (nSPS) is 12.9. The van der Waals surface area contributed by atoms with Gasteiger partial charge in [-0.15, -0.1) is 0 Å². The minimum atomic E-state index is 0.369. The summed E-state index contributed by atoms with van der Waals surface area (Å²) < 4.78 is 0. The van der Waals surface area contributed by atoms with Gasteiger partial charge in [0.05, 0.1) is 0 Å². The zero-order valence-electron chi connectivity index (χ0n) is 19.7. The van der Waals surface area contributed by atoms with Crippen LogP contribution in [-0.2, 0) is 12.8 Å². The van der Waals surface area contributed by atoms with E-state index in [1.807, 2.05) is 24.3 Å². The van der Waals surface area contributed by atoms with Crippen LogP contribution in [0.3, 0.4) is 0 Å². The van der Waals surface area contributed by atoms with Gasteiger partial charge in [0.25, 0.3) is 0 Å². The molecule has 4 aromatic rings. The number of rotatable bonds is 8. The molecule has 2 unspecified atom stereocenters. The van der Waals surface area contributed by atoms with Crippen molar-refractivity contribution in [3.05, 3.63) is 130 Å². The lowest BCUT2D eigenvalue weighted by atomic mass is 9.91. The molecule has 0 spiro atoms. The van der Waals surface area contributed by atoms with Crippen molar-refractivity contribution in [1.82, 2.24) is 0 Å². The van der Waals surface area contributed by atoms with Gasteiger partial charge >= 0.3 is 0 Å². The van der Waals surface area contributed by atoms with Crippen molar-refractivity contribution < 1.29 is 0 Å². The van der Waals surface area contributed by atoms with Crippen LogP contribution in [0, 0.1) is 0 Å². The van der Waals surface area contributed by atoms with E-state index in [4.69, 9.17) is 11.5 Å². The Morgan fingerprint density at radius 2 is 0.727 bits per heavy atom. The lowest BCUT2D eigenvalue weighted by Gasteiger charge is -2.14. The van der Waals surface area contributed by atoms with Gasteiger partial charge in [0.15, 0.2) is 0 Å².